The summed E-state index contributed by atoms with van der Waals surface area (Å²) in [6.45, 7) is 8.01. The zero-order valence-corrected chi connectivity index (χ0v) is 29.8. The number of hydrogen-bond donors (Lipinski definition) is 2. The van der Waals surface area contributed by atoms with E-state index in [4.69, 9.17) is 11.6 Å². The maximum Gasteiger partial charge on any atom is 0.256 e. The maximum atomic E-state index is 14.1. The predicted molar refractivity (Wildman–Crippen MR) is 201 cm³/mol. The third-order valence-corrected chi connectivity index (χ3v) is 9.38. The number of carbonyl (C=O) groups is 2. The summed E-state index contributed by atoms with van der Waals surface area (Å²) >= 11 is 6.76. The Hall–Kier alpha value is -5.54. The van der Waals surface area contributed by atoms with Gasteiger partial charge in [0.15, 0.2) is 0 Å². The lowest BCUT2D eigenvalue weighted by Gasteiger charge is -2.21. The van der Waals surface area contributed by atoms with Crippen molar-refractivity contribution < 1.29 is 14.0 Å². The number of nitrogens with one attached hydrogen (secondary N) is 2. The Kier molecular flexibility index (Phi) is 9.45. The van der Waals surface area contributed by atoms with Gasteiger partial charge in [-0.15, -0.1) is 0 Å². The fraction of sp³-hybridized carbons (Fsp3) is 0.200. The van der Waals surface area contributed by atoms with E-state index in [1.165, 1.54) is 12.1 Å². The number of aromatic nitrogens is 2. The van der Waals surface area contributed by atoms with Crippen LogP contribution in [0.5, 0.6) is 0 Å². The van der Waals surface area contributed by atoms with E-state index in [0.29, 0.717) is 33.5 Å². The van der Waals surface area contributed by atoms with Gasteiger partial charge in [-0.3, -0.25) is 9.59 Å². The Morgan fingerprint density at radius 2 is 1.28 bits per heavy atom. The molecule has 2 N–H and O–H groups in total. The summed E-state index contributed by atoms with van der Waals surface area (Å²) in [5, 5.41) is 10.4. The van der Waals surface area contributed by atoms with Crippen LogP contribution in [0.2, 0.25) is 5.02 Å². The number of nitrogens with zero attached hydrogens (tertiary/aromatic N) is 4. The van der Waals surface area contributed by atoms with E-state index in [9.17, 15) is 14.0 Å². The van der Waals surface area contributed by atoms with Crippen LogP contribution in [0, 0.1) is 33.5 Å². The van der Waals surface area contributed by atoms with E-state index >= 15 is 0 Å². The fourth-order valence-corrected chi connectivity index (χ4v) is 6.47. The molecule has 2 aromatic heterocycles. The minimum absolute atomic E-state index is 0.122. The van der Waals surface area contributed by atoms with Crippen molar-refractivity contribution in [3.63, 3.8) is 0 Å². The summed E-state index contributed by atoms with van der Waals surface area (Å²) in [4.78, 5) is 39.5. The van der Waals surface area contributed by atoms with E-state index in [1.807, 2.05) is 76.2 Å². The standard InChI is InChI=1S/C40H38ClFN6O2/c1-22-14-15-27(42)18-33(22)45-37-29-13-9-11-24(3)36(29)31(20-44-37)40(50)48(7)21-26-16-32(41)25(4)34(17-26)46-38-28-12-8-10-23(2)35(28)30(19-43-38)39(49)47(5)6/h8-20H,21H2,1-7H3,(H,43,46)(H,44,45). The lowest BCUT2D eigenvalue weighted by molar-refractivity contribution is 0.0785. The van der Waals surface area contributed by atoms with E-state index in [1.54, 1.807) is 49.4 Å². The molecule has 2 heterocycles. The summed E-state index contributed by atoms with van der Waals surface area (Å²) < 4.78 is 14.0. The van der Waals surface area contributed by atoms with Gasteiger partial charge in [-0.1, -0.05) is 54.1 Å². The average molecular weight is 689 g/mol. The number of rotatable bonds is 8. The zero-order chi connectivity index (χ0) is 35.9. The SMILES string of the molecule is Cc1ccc(F)cc1Nc1ncc(C(=O)N(C)Cc2cc(Cl)c(C)c(Nc3ncc(C(=O)N(C)C)c4c(C)cccc34)c2)c2c(C)cccc12. The number of aryl methyl sites for hydroxylation is 3. The molecule has 0 unspecified atom stereocenters. The van der Waals surface area contributed by atoms with Crippen LogP contribution in [0.4, 0.5) is 27.4 Å². The van der Waals surface area contributed by atoms with Crippen LogP contribution in [0.15, 0.2) is 79.1 Å². The highest BCUT2D eigenvalue weighted by Crippen LogP contribution is 2.35. The molecule has 8 nitrogen and oxygen atoms in total. The lowest BCUT2D eigenvalue weighted by Crippen LogP contribution is -2.27. The Balaban J connectivity index is 1.31. The number of fused-ring (bicyclic) bond motifs is 2. The molecule has 4 aromatic carbocycles. The lowest BCUT2D eigenvalue weighted by atomic mass is 10.0. The van der Waals surface area contributed by atoms with Gasteiger partial charge >= 0.3 is 0 Å². The first kappa shape index (κ1) is 34.3. The molecule has 0 saturated heterocycles. The Labute approximate surface area is 295 Å². The number of benzene rings is 4. The molecule has 254 valence electrons. The second-order valence-corrected chi connectivity index (χ2v) is 13.3. The third kappa shape index (κ3) is 6.56. The van der Waals surface area contributed by atoms with Gasteiger partial charge in [0.1, 0.15) is 17.5 Å². The molecule has 2 amide bonds. The van der Waals surface area contributed by atoms with Gasteiger partial charge in [0.25, 0.3) is 11.8 Å². The molecule has 6 aromatic rings. The monoisotopic (exact) mass is 688 g/mol. The minimum Gasteiger partial charge on any atom is -0.345 e. The van der Waals surface area contributed by atoms with Gasteiger partial charge in [0, 0.05) is 78.0 Å². The van der Waals surface area contributed by atoms with Gasteiger partial charge in [-0.05, 0) is 79.8 Å². The van der Waals surface area contributed by atoms with Crippen LogP contribution in [0.3, 0.4) is 0 Å². The molecular weight excluding hydrogens is 651 g/mol. The molecular formula is C40H38ClFN6O2. The number of carbonyl (C=O) groups excluding carboxylic acids is 2. The molecule has 0 bridgehead atoms. The van der Waals surface area contributed by atoms with Crippen molar-refractivity contribution in [2.75, 3.05) is 31.8 Å². The van der Waals surface area contributed by atoms with Crippen LogP contribution in [0.25, 0.3) is 21.5 Å². The van der Waals surface area contributed by atoms with E-state index < -0.39 is 0 Å². The summed E-state index contributed by atoms with van der Waals surface area (Å²) in [7, 11) is 5.19. The van der Waals surface area contributed by atoms with Gasteiger partial charge in [-0.2, -0.15) is 0 Å². The van der Waals surface area contributed by atoms with Gasteiger partial charge in [-0.25, -0.2) is 14.4 Å². The Bertz CT molecular complexity index is 2320. The molecule has 0 fully saturated rings. The quantitative estimate of drug-likeness (QED) is 0.166. The van der Waals surface area contributed by atoms with Crippen molar-refractivity contribution in [1.29, 1.82) is 0 Å². The highest BCUT2D eigenvalue weighted by atomic mass is 35.5. The molecule has 50 heavy (non-hydrogen) atoms. The fourth-order valence-electron chi connectivity index (χ4n) is 6.23. The smallest absolute Gasteiger partial charge is 0.256 e. The zero-order valence-electron chi connectivity index (χ0n) is 29.1. The van der Waals surface area contributed by atoms with Gasteiger partial charge in [0.2, 0.25) is 0 Å². The molecule has 0 atom stereocenters. The summed E-state index contributed by atoms with van der Waals surface area (Å²) in [5.41, 5.74) is 6.71. The molecule has 0 radical (unpaired) electrons. The maximum absolute atomic E-state index is 14.1. The van der Waals surface area contributed by atoms with E-state index in [-0.39, 0.29) is 24.2 Å². The average Bonchev–Trinajstić information content (AvgIpc) is 3.08. The number of amides is 2. The topological polar surface area (TPSA) is 90.5 Å². The predicted octanol–water partition coefficient (Wildman–Crippen LogP) is 9.27. The van der Waals surface area contributed by atoms with Crippen LogP contribution in [0.1, 0.15) is 48.5 Å². The van der Waals surface area contributed by atoms with E-state index in [2.05, 4.69) is 20.6 Å². The second kappa shape index (κ2) is 13.8. The molecule has 6 rings (SSSR count). The van der Waals surface area contributed by atoms with Gasteiger partial charge < -0.3 is 20.4 Å². The molecule has 0 saturated carbocycles. The van der Waals surface area contributed by atoms with Crippen LogP contribution in [-0.4, -0.2) is 52.7 Å². The van der Waals surface area contributed by atoms with Crippen molar-refractivity contribution in [1.82, 2.24) is 19.8 Å². The number of halogens is 2. The van der Waals surface area contributed by atoms with Gasteiger partial charge in [0.05, 0.1) is 11.1 Å². The normalized spacial score (nSPS) is 11.1. The van der Waals surface area contributed by atoms with Crippen molar-refractivity contribution in [2.24, 2.45) is 0 Å². The van der Waals surface area contributed by atoms with Crippen molar-refractivity contribution >= 4 is 68.0 Å². The highest BCUT2D eigenvalue weighted by molar-refractivity contribution is 6.31. The number of anilines is 4. The van der Waals surface area contributed by atoms with Crippen molar-refractivity contribution in [3.05, 3.63) is 129 Å². The van der Waals surface area contributed by atoms with Crippen LogP contribution >= 0.6 is 11.6 Å². The summed E-state index contributed by atoms with van der Waals surface area (Å²) in [6.07, 6.45) is 3.18. The first-order valence-corrected chi connectivity index (χ1v) is 16.5. The van der Waals surface area contributed by atoms with Crippen LogP contribution in [-0.2, 0) is 6.54 Å². The van der Waals surface area contributed by atoms with Crippen molar-refractivity contribution in [3.8, 4) is 0 Å². The second-order valence-electron chi connectivity index (χ2n) is 12.9. The molecule has 10 heteroatoms. The molecule has 0 aliphatic carbocycles. The largest absolute Gasteiger partial charge is 0.345 e. The number of hydrogen-bond acceptors (Lipinski definition) is 6. The van der Waals surface area contributed by atoms with Crippen LogP contribution < -0.4 is 10.6 Å². The Morgan fingerprint density at radius 3 is 1.86 bits per heavy atom. The van der Waals surface area contributed by atoms with E-state index in [0.717, 1.165) is 55.0 Å². The number of pyridine rings is 2. The van der Waals surface area contributed by atoms with Crippen molar-refractivity contribution in [2.45, 2.75) is 34.2 Å². The first-order valence-electron chi connectivity index (χ1n) is 16.2. The molecule has 0 spiro atoms. The summed E-state index contributed by atoms with van der Waals surface area (Å²) in [6, 6.07) is 20.0. The Morgan fingerprint density at radius 1 is 0.720 bits per heavy atom. The minimum atomic E-state index is -0.351. The first-order chi connectivity index (χ1) is 23.8. The molecule has 0 aliphatic heterocycles. The highest BCUT2D eigenvalue weighted by Gasteiger charge is 2.21. The summed E-state index contributed by atoms with van der Waals surface area (Å²) in [5.74, 6) is 0.447. The third-order valence-electron chi connectivity index (χ3n) is 8.98. The molecule has 0 aliphatic rings.